The van der Waals surface area contributed by atoms with Crippen LogP contribution >= 0.6 is 11.3 Å². The normalized spacial score (nSPS) is 12.1. The van der Waals surface area contributed by atoms with Gasteiger partial charge in [-0.15, -0.1) is 11.3 Å². The average molecular weight is 361 g/mol. The highest BCUT2D eigenvalue weighted by Gasteiger charge is 2.30. The van der Waals surface area contributed by atoms with Crippen molar-refractivity contribution in [2.45, 2.75) is 12.7 Å². The summed E-state index contributed by atoms with van der Waals surface area (Å²) in [5.41, 5.74) is -0.727. The van der Waals surface area contributed by atoms with E-state index in [0.717, 1.165) is 17.5 Å². The Hall–Kier alpha value is -2.74. The van der Waals surface area contributed by atoms with E-state index in [4.69, 9.17) is 0 Å². The van der Waals surface area contributed by atoms with Crippen molar-refractivity contribution in [2.24, 2.45) is 0 Å². The topological polar surface area (TPSA) is 47.8 Å². The van der Waals surface area contributed by atoms with Crippen molar-refractivity contribution in [2.75, 3.05) is 0 Å². The number of alkyl halides is 3. The predicted octanol–water partition coefficient (Wildman–Crippen LogP) is 4.07. The summed E-state index contributed by atoms with van der Waals surface area (Å²) in [5.74, 6) is 0. The third kappa shape index (κ3) is 2.89. The number of fused-ring (bicyclic) bond motifs is 2. The molecule has 2 aromatic heterocycles. The van der Waals surface area contributed by atoms with Crippen LogP contribution in [-0.2, 0) is 12.7 Å². The quantitative estimate of drug-likeness (QED) is 0.541. The minimum atomic E-state index is -4.41. The lowest BCUT2D eigenvalue weighted by Gasteiger charge is -2.04. The largest absolute Gasteiger partial charge is 0.416 e. The molecule has 126 valence electrons. The molecule has 4 nitrogen and oxygen atoms in total. The van der Waals surface area contributed by atoms with Crippen LogP contribution in [0.15, 0.2) is 53.5 Å². The van der Waals surface area contributed by atoms with Crippen LogP contribution in [0.5, 0.6) is 0 Å². The third-order valence-corrected chi connectivity index (χ3v) is 4.83. The maximum absolute atomic E-state index is 12.8. The molecular weight excluding hydrogens is 351 g/mol. The van der Waals surface area contributed by atoms with Gasteiger partial charge in [0.25, 0.3) is 5.56 Å². The molecule has 0 spiro atoms. The fraction of sp³-hybridized carbons (Fsp3) is 0.118. The lowest BCUT2D eigenvalue weighted by molar-refractivity contribution is -0.137. The number of nitrogens with zero attached hydrogens (tertiary/aromatic N) is 3. The van der Waals surface area contributed by atoms with Crippen molar-refractivity contribution in [1.29, 1.82) is 0 Å². The predicted molar refractivity (Wildman–Crippen MR) is 89.7 cm³/mol. The highest BCUT2D eigenvalue weighted by Crippen LogP contribution is 2.32. The Morgan fingerprint density at radius 3 is 2.72 bits per heavy atom. The molecule has 0 saturated carbocycles. The molecule has 0 atom stereocenters. The van der Waals surface area contributed by atoms with Gasteiger partial charge < -0.3 is 0 Å². The number of halogens is 3. The number of hydrogen-bond donors (Lipinski definition) is 0. The second-order valence-corrected chi connectivity index (χ2v) is 6.60. The van der Waals surface area contributed by atoms with Gasteiger partial charge >= 0.3 is 6.18 Å². The molecule has 4 rings (SSSR count). The van der Waals surface area contributed by atoms with E-state index in [-0.39, 0.29) is 17.6 Å². The van der Waals surface area contributed by atoms with Crippen molar-refractivity contribution >= 4 is 32.3 Å². The molecule has 0 amide bonds. The van der Waals surface area contributed by atoms with Gasteiger partial charge in [0, 0.05) is 5.39 Å². The van der Waals surface area contributed by atoms with E-state index in [1.165, 1.54) is 22.1 Å². The Balaban J connectivity index is 1.74. The summed E-state index contributed by atoms with van der Waals surface area (Å²) in [4.78, 5) is 16.7. The third-order valence-electron chi connectivity index (χ3n) is 3.81. The van der Waals surface area contributed by atoms with Gasteiger partial charge in [-0.2, -0.15) is 18.3 Å². The summed E-state index contributed by atoms with van der Waals surface area (Å²) in [5, 5.41) is 5.93. The molecule has 2 aromatic carbocycles. The van der Waals surface area contributed by atoms with E-state index in [1.807, 2.05) is 6.07 Å². The fourth-order valence-electron chi connectivity index (χ4n) is 2.59. The molecule has 2 heterocycles. The number of benzene rings is 2. The van der Waals surface area contributed by atoms with E-state index in [9.17, 15) is 18.0 Å². The molecule has 4 aromatic rings. The van der Waals surface area contributed by atoms with Gasteiger partial charge in [0.15, 0.2) is 0 Å². The summed E-state index contributed by atoms with van der Waals surface area (Å²) >= 11 is 1.25. The first-order valence-electron chi connectivity index (χ1n) is 7.33. The van der Waals surface area contributed by atoms with E-state index in [0.29, 0.717) is 15.1 Å². The van der Waals surface area contributed by atoms with Gasteiger partial charge in [0.05, 0.1) is 33.9 Å². The summed E-state index contributed by atoms with van der Waals surface area (Å²) in [6, 6.07) is 10.5. The van der Waals surface area contributed by atoms with Crippen molar-refractivity contribution in [3.05, 3.63) is 69.6 Å². The summed E-state index contributed by atoms with van der Waals surface area (Å²) in [6.07, 6.45) is -2.82. The Morgan fingerprint density at radius 2 is 1.92 bits per heavy atom. The van der Waals surface area contributed by atoms with Crippen LogP contribution in [0, 0.1) is 0 Å². The Bertz CT molecular complexity index is 1150. The lowest BCUT2D eigenvalue weighted by atomic mass is 10.2. The Labute approximate surface area is 143 Å². The van der Waals surface area contributed by atoms with Gasteiger partial charge in [0.1, 0.15) is 5.01 Å². The highest BCUT2D eigenvalue weighted by molar-refractivity contribution is 7.18. The molecule has 0 saturated heterocycles. The van der Waals surface area contributed by atoms with Crippen LogP contribution < -0.4 is 5.56 Å². The molecule has 0 radical (unpaired) electrons. The van der Waals surface area contributed by atoms with Crippen LogP contribution in [0.3, 0.4) is 0 Å². The smallest absolute Gasteiger partial charge is 0.267 e. The van der Waals surface area contributed by atoms with Gasteiger partial charge in [-0.3, -0.25) is 4.79 Å². The molecular formula is C17H10F3N3OS. The number of thiazole rings is 1. The summed E-state index contributed by atoms with van der Waals surface area (Å²) < 4.78 is 40.3. The summed E-state index contributed by atoms with van der Waals surface area (Å²) in [7, 11) is 0. The SMILES string of the molecule is O=c1c2ccccc2cnn1Cc1nc2cc(C(F)(F)F)ccc2s1. The van der Waals surface area contributed by atoms with Crippen LogP contribution in [0.25, 0.3) is 21.0 Å². The van der Waals surface area contributed by atoms with Gasteiger partial charge in [-0.25, -0.2) is 9.67 Å². The van der Waals surface area contributed by atoms with Crippen LogP contribution in [0.2, 0.25) is 0 Å². The van der Waals surface area contributed by atoms with Gasteiger partial charge in [-0.05, 0) is 24.3 Å². The van der Waals surface area contributed by atoms with Crippen LogP contribution in [-0.4, -0.2) is 14.8 Å². The number of aromatic nitrogens is 3. The van der Waals surface area contributed by atoms with E-state index >= 15 is 0 Å². The van der Waals surface area contributed by atoms with Crippen molar-refractivity contribution in [1.82, 2.24) is 14.8 Å². The zero-order valence-corrected chi connectivity index (χ0v) is 13.4. The lowest BCUT2D eigenvalue weighted by Crippen LogP contribution is -2.23. The van der Waals surface area contributed by atoms with Crippen molar-refractivity contribution in [3.8, 4) is 0 Å². The molecule has 0 fully saturated rings. The maximum Gasteiger partial charge on any atom is 0.416 e. The van der Waals surface area contributed by atoms with Crippen LogP contribution in [0.4, 0.5) is 13.2 Å². The standard InChI is InChI=1S/C17H10F3N3OS/c18-17(19,20)11-5-6-14-13(7-11)22-15(25-14)9-23-16(24)12-4-2-1-3-10(12)8-21-23/h1-8H,9H2. The second-order valence-electron chi connectivity index (χ2n) is 5.48. The number of rotatable bonds is 2. The number of hydrogen-bond acceptors (Lipinski definition) is 4. The molecule has 0 unspecified atom stereocenters. The van der Waals surface area contributed by atoms with Crippen molar-refractivity contribution < 1.29 is 13.2 Å². The molecule has 0 aliphatic carbocycles. The minimum Gasteiger partial charge on any atom is -0.267 e. The molecule has 25 heavy (non-hydrogen) atoms. The van der Waals surface area contributed by atoms with E-state index in [2.05, 4.69) is 10.1 Å². The first-order valence-corrected chi connectivity index (χ1v) is 8.15. The highest BCUT2D eigenvalue weighted by atomic mass is 32.1. The second kappa shape index (κ2) is 5.66. The molecule has 0 aliphatic heterocycles. The van der Waals surface area contributed by atoms with E-state index in [1.54, 1.807) is 24.4 Å². The Morgan fingerprint density at radius 1 is 1.12 bits per heavy atom. The zero-order valence-electron chi connectivity index (χ0n) is 12.6. The van der Waals surface area contributed by atoms with E-state index < -0.39 is 11.7 Å². The molecule has 0 aliphatic rings. The molecule has 8 heteroatoms. The van der Waals surface area contributed by atoms with Crippen LogP contribution in [0.1, 0.15) is 10.6 Å². The molecule has 0 bridgehead atoms. The van der Waals surface area contributed by atoms with Gasteiger partial charge in [0.2, 0.25) is 0 Å². The van der Waals surface area contributed by atoms with Crippen molar-refractivity contribution in [3.63, 3.8) is 0 Å². The van der Waals surface area contributed by atoms with Gasteiger partial charge in [-0.1, -0.05) is 18.2 Å². The fourth-order valence-corrected chi connectivity index (χ4v) is 3.52. The summed E-state index contributed by atoms with van der Waals surface area (Å²) in [6.45, 7) is 0.115. The zero-order chi connectivity index (χ0) is 17.6. The minimum absolute atomic E-state index is 0.115. The first-order chi connectivity index (χ1) is 11.9. The monoisotopic (exact) mass is 361 g/mol. The average Bonchev–Trinajstić information content (AvgIpc) is 2.98. The first kappa shape index (κ1) is 15.8. The maximum atomic E-state index is 12.8. The Kier molecular flexibility index (Phi) is 3.57. The molecule has 0 N–H and O–H groups in total.